The normalized spacial score (nSPS) is 22.8. The van der Waals surface area contributed by atoms with Crippen LogP contribution in [0.15, 0.2) is 53.4 Å². The molecular formula is C28H31N5O5. The van der Waals surface area contributed by atoms with E-state index in [0.29, 0.717) is 44.2 Å². The number of methoxy groups -OCH3 is 1. The summed E-state index contributed by atoms with van der Waals surface area (Å²) in [5, 5.41) is 4.39. The Morgan fingerprint density at radius 1 is 1.11 bits per heavy atom. The van der Waals surface area contributed by atoms with Gasteiger partial charge in [0.05, 0.1) is 31.3 Å². The Kier molecular flexibility index (Phi) is 5.66. The highest BCUT2D eigenvalue weighted by Crippen LogP contribution is 2.55. The van der Waals surface area contributed by atoms with Gasteiger partial charge < -0.3 is 19.0 Å². The minimum atomic E-state index is -0.577. The van der Waals surface area contributed by atoms with E-state index in [-0.39, 0.29) is 40.2 Å². The number of ether oxygens (including phenoxy) is 1. The van der Waals surface area contributed by atoms with E-state index < -0.39 is 5.97 Å². The fourth-order valence-corrected chi connectivity index (χ4v) is 5.92. The number of carbonyl (C=O) groups is 3. The number of rotatable bonds is 6. The molecule has 3 aromatic rings. The van der Waals surface area contributed by atoms with Crippen molar-refractivity contribution in [2.24, 2.45) is 16.7 Å². The Balaban J connectivity index is 1.21. The number of oxazole rings is 1. The van der Waals surface area contributed by atoms with Crippen LogP contribution in [0.5, 0.6) is 0 Å². The number of esters is 1. The van der Waals surface area contributed by atoms with Crippen molar-refractivity contribution in [1.82, 2.24) is 24.6 Å². The fourth-order valence-electron chi connectivity index (χ4n) is 5.92. The summed E-state index contributed by atoms with van der Waals surface area (Å²) in [7, 11) is 1.29. The van der Waals surface area contributed by atoms with Crippen molar-refractivity contribution >= 4 is 17.8 Å². The van der Waals surface area contributed by atoms with Crippen molar-refractivity contribution in [1.29, 1.82) is 0 Å². The van der Waals surface area contributed by atoms with Crippen molar-refractivity contribution < 1.29 is 23.5 Å². The minimum Gasteiger partial charge on any atom is -0.464 e. The molecule has 198 valence electrons. The number of hydrogen-bond donors (Lipinski definition) is 0. The minimum absolute atomic E-state index is 0.0504. The molecular weight excluding hydrogens is 486 g/mol. The fraction of sp³-hybridized carbons (Fsp3) is 0.464. The largest absolute Gasteiger partial charge is 0.464 e. The van der Waals surface area contributed by atoms with Gasteiger partial charge in [-0.1, -0.05) is 44.2 Å². The third-order valence-electron chi connectivity index (χ3n) is 8.35. The molecule has 2 atom stereocenters. The van der Waals surface area contributed by atoms with Crippen molar-refractivity contribution in [3.8, 4) is 0 Å². The number of carbonyl (C=O) groups excluding carboxylic acids is 3. The highest BCUT2D eigenvalue weighted by molar-refractivity contribution is 5.94. The summed E-state index contributed by atoms with van der Waals surface area (Å²) < 4.78 is 12.3. The van der Waals surface area contributed by atoms with Crippen LogP contribution in [0.3, 0.4) is 0 Å². The zero-order valence-electron chi connectivity index (χ0n) is 21.8. The standard InChI is InChI=1S/C28H31N5O5/c1-27(2)9-20(27)25(35)32-16-28(17-32)15-31(13-21(28)23-30-22(14-38-23)26(36)37-3)24(34)19-10-29-33(12-19)11-18-7-5-4-6-8-18/h4-8,10,12,14,20-21H,9,11,13,15-17H2,1-3H3/t20-,21?/m1/s1. The molecule has 1 aliphatic carbocycles. The molecule has 2 amide bonds. The summed E-state index contributed by atoms with van der Waals surface area (Å²) in [6, 6.07) is 9.94. The molecule has 1 unspecified atom stereocenters. The van der Waals surface area contributed by atoms with E-state index in [4.69, 9.17) is 9.15 Å². The quantitative estimate of drug-likeness (QED) is 0.463. The Morgan fingerprint density at radius 3 is 2.50 bits per heavy atom. The molecule has 38 heavy (non-hydrogen) atoms. The zero-order valence-corrected chi connectivity index (χ0v) is 21.8. The van der Waals surface area contributed by atoms with Crippen LogP contribution in [0, 0.1) is 16.7 Å². The molecule has 0 N–H and O–H groups in total. The van der Waals surface area contributed by atoms with E-state index in [1.165, 1.54) is 13.4 Å². The van der Waals surface area contributed by atoms with Gasteiger partial charge in [-0.05, 0) is 17.4 Å². The average Bonchev–Trinajstić information content (AvgIpc) is 3.37. The van der Waals surface area contributed by atoms with Crippen LogP contribution in [0.1, 0.15) is 58.5 Å². The first-order chi connectivity index (χ1) is 18.2. The van der Waals surface area contributed by atoms with Crippen LogP contribution in [0.2, 0.25) is 0 Å². The summed E-state index contributed by atoms with van der Waals surface area (Å²) >= 11 is 0. The molecule has 3 aliphatic rings. The maximum absolute atomic E-state index is 13.6. The Hall–Kier alpha value is -3.95. The van der Waals surface area contributed by atoms with Crippen LogP contribution < -0.4 is 0 Å². The molecule has 2 saturated heterocycles. The van der Waals surface area contributed by atoms with Gasteiger partial charge in [0.15, 0.2) is 11.6 Å². The van der Waals surface area contributed by atoms with Gasteiger partial charge in [-0.15, -0.1) is 0 Å². The Bertz CT molecular complexity index is 1390. The molecule has 2 aliphatic heterocycles. The lowest BCUT2D eigenvalue weighted by atomic mass is 9.71. The van der Waals surface area contributed by atoms with Gasteiger partial charge in [-0.25, -0.2) is 9.78 Å². The summed E-state index contributed by atoms with van der Waals surface area (Å²) in [6.07, 6.45) is 5.55. The molecule has 1 spiro atoms. The first kappa shape index (κ1) is 24.4. The van der Waals surface area contributed by atoms with Gasteiger partial charge in [0.25, 0.3) is 5.91 Å². The van der Waals surface area contributed by atoms with E-state index in [0.717, 1.165) is 12.0 Å². The van der Waals surface area contributed by atoms with Crippen LogP contribution in [-0.2, 0) is 16.1 Å². The van der Waals surface area contributed by atoms with Crippen molar-refractivity contribution in [2.45, 2.75) is 32.7 Å². The lowest BCUT2D eigenvalue weighted by Gasteiger charge is -2.50. The molecule has 6 rings (SSSR count). The topological polar surface area (TPSA) is 111 Å². The van der Waals surface area contributed by atoms with E-state index in [1.807, 2.05) is 35.2 Å². The van der Waals surface area contributed by atoms with Crippen LogP contribution in [0.25, 0.3) is 0 Å². The number of amides is 2. The van der Waals surface area contributed by atoms with Gasteiger partial charge in [-0.2, -0.15) is 5.10 Å². The Morgan fingerprint density at radius 2 is 1.82 bits per heavy atom. The Labute approximate surface area is 220 Å². The van der Waals surface area contributed by atoms with Crippen molar-refractivity contribution in [2.75, 3.05) is 33.3 Å². The van der Waals surface area contributed by atoms with Crippen LogP contribution in [-0.4, -0.2) is 75.6 Å². The van der Waals surface area contributed by atoms with Gasteiger partial charge in [0.1, 0.15) is 6.26 Å². The molecule has 0 radical (unpaired) electrons. The molecule has 1 saturated carbocycles. The predicted octanol–water partition coefficient (Wildman–Crippen LogP) is 2.82. The van der Waals surface area contributed by atoms with Crippen LogP contribution in [0.4, 0.5) is 0 Å². The molecule has 4 heterocycles. The number of benzene rings is 1. The van der Waals surface area contributed by atoms with E-state index in [9.17, 15) is 14.4 Å². The van der Waals surface area contributed by atoms with Crippen LogP contribution >= 0.6 is 0 Å². The first-order valence-electron chi connectivity index (χ1n) is 12.9. The van der Waals surface area contributed by atoms with Crippen molar-refractivity contribution in [3.63, 3.8) is 0 Å². The smallest absolute Gasteiger partial charge is 0.360 e. The van der Waals surface area contributed by atoms with E-state index >= 15 is 0 Å². The summed E-state index contributed by atoms with van der Waals surface area (Å²) in [5.41, 5.74) is 1.36. The molecule has 10 heteroatoms. The molecule has 10 nitrogen and oxygen atoms in total. The number of aromatic nitrogens is 3. The second kappa shape index (κ2) is 8.82. The second-order valence-corrected chi connectivity index (χ2v) is 11.5. The van der Waals surface area contributed by atoms with Crippen molar-refractivity contribution in [3.05, 3.63) is 71.7 Å². The number of nitrogens with zero attached hydrogens (tertiary/aromatic N) is 5. The monoisotopic (exact) mass is 517 g/mol. The van der Waals surface area contributed by atoms with Gasteiger partial charge in [0, 0.05) is 43.7 Å². The maximum Gasteiger partial charge on any atom is 0.360 e. The second-order valence-electron chi connectivity index (χ2n) is 11.5. The summed E-state index contributed by atoms with van der Waals surface area (Å²) in [4.78, 5) is 46.7. The van der Waals surface area contributed by atoms with Gasteiger partial charge in [0.2, 0.25) is 5.91 Å². The number of likely N-dealkylation sites (tertiary alicyclic amines) is 2. The first-order valence-corrected chi connectivity index (χ1v) is 12.9. The summed E-state index contributed by atoms with van der Waals surface area (Å²) in [5.74, 6) is -0.333. The highest BCUT2D eigenvalue weighted by atomic mass is 16.5. The molecule has 2 aromatic heterocycles. The maximum atomic E-state index is 13.6. The SMILES string of the molecule is COC(=O)c1coc(C2CN(C(=O)c3cnn(Cc4ccccc4)c3)CC23CN(C(=O)[C@H]2CC2(C)C)C3)n1. The lowest BCUT2D eigenvalue weighted by Crippen LogP contribution is -2.62. The number of hydrogen-bond acceptors (Lipinski definition) is 7. The lowest BCUT2D eigenvalue weighted by molar-refractivity contribution is -0.146. The average molecular weight is 518 g/mol. The third kappa shape index (κ3) is 4.17. The van der Waals surface area contributed by atoms with Gasteiger partial charge >= 0.3 is 5.97 Å². The zero-order chi connectivity index (χ0) is 26.7. The third-order valence-corrected chi connectivity index (χ3v) is 8.35. The summed E-state index contributed by atoms with van der Waals surface area (Å²) in [6.45, 7) is 6.69. The van der Waals surface area contributed by atoms with E-state index in [2.05, 4.69) is 23.9 Å². The highest BCUT2D eigenvalue weighted by Gasteiger charge is 2.61. The van der Waals surface area contributed by atoms with E-state index in [1.54, 1.807) is 22.0 Å². The molecule has 0 bridgehead atoms. The molecule has 3 fully saturated rings. The molecule has 1 aromatic carbocycles. The van der Waals surface area contributed by atoms with Gasteiger partial charge in [-0.3, -0.25) is 14.3 Å². The predicted molar refractivity (Wildman–Crippen MR) is 135 cm³/mol.